The first kappa shape index (κ1) is 17.1. The summed E-state index contributed by atoms with van der Waals surface area (Å²) in [4.78, 5) is 23.4. The number of nitrogens with one attached hydrogen (secondary N) is 3. The lowest BCUT2D eigenvalue weighted by molar-refractivity contribution is -0.115. The quantitative estimate of drug-likeness (QED) is 0.704. The molecule has 0 aliphatic carbocycles. The molecule has 1 aliphatic heterocycles. The van der Waals surface area contributed by atoms with Crippen LogP contribution >= 0.6 is 0 Å². The zero-order valence-corrected chi connectivity index (χ0v) is 13.5. The minimum Gasteiger partial charge on any atom is -0.497 e. The predicted molar refractivity (Wildman–Crippen MR) is 85.2 cm³/mol. The molecule has 1 aliphatic rings. The van der Waals surface area contributed by atoms with Crippen LogP contribution in [0.15, 0.2) is 24.3 Å². The highest BCUT2D eigenvalue weighted by Gasteiger charge is 2.28. The fraction of sp³-hybridized carbons (Fsp3) is 0.429. The second kappa shape index (κ2) is 7.32. The van der Waals surface area contributed by atoms with E-state index in [1.54, 1.807) is 31.4 Å². The zero-order chi connectivity index (χ0) is 16.9. The van der Waals surface area contributed by atoms with E-state index in [1.165, 1.54) is 0 Å². The van der Waals surface area contributed by atoms with Gasteiger partial charge in [0.05, 0.1) is 25.2 Å². The Morgan fingerprint density at radius 2 is 1.96 bits per heavy atom. The molecule has 3 amide bonds. The van der Waals surface area contributed by atoms with Crippen molar-refractivity contribution in [1.29, 1.82) is 0 Å². The number of ether oxygens (including phenoxy) is 1. The number of rotatable bonds is 5. The van der Waals surface area contributed by atoms with Crippen LogP contribution in [0.2, 0.25) is 0 Å². The largest absolute Gasteiger partial charge is 0.497 e. The Morgan fingerprint density at radius 3 is 2.52 bits per heavy atom. The molecule has 1 aromatic carbocycles. The van der Waals surface area contributed by atoms with Crippen molar-refractivity contribution in [3.05, 3.63) is 24.3 Å². The van der Waals surface area contributed by atoms with Crippen molar-refractivity contribution >= 4 is 27.5 Å². The van der Waals surface area contributed by atoms with Crippen LogP contribution in [-0.4, -0.2) is 51.6 Å². The van der Waals surface area contributed by atoms with E-state index in [9.17, 15) is 18.0 Å². The summed E-state index contributed by atoms with van der Waals surface area (Å²) in [5.41, 5.74) is 0.583. The lowest BCUT2D eigenvalue weighted by Crippen LogP contribution is -2.45. The minimum atomic E-state index is -3.05. The summed E-state index contributed by atoms with van der Waals surface area (Å²) < 4.78 is 27.6. The summed E-state index contributed by atoms with van der Waals surface area (Å²) in [6.45, 7) is -0.211. The van der Waals surface area contributed by atoms with E-state index in [0.717, 1.165) is 0 Å². The van der Waals surface area contributed by atoms with Crippen LogP contribution < -0.4 is 20.7 Å². The van der Waals surface area contributed by atoms with Gasteiger partial charge in [0.1, 0.15) is 5.75 Å². The molecule has 0 spiro atoms. The number of sulfone groups is 1. The molecule has 23 heavy (non-hydrogen) atoms. The lowest BCUT2D eigenvalue weighted by atomic mass is 10.3. The topological polar surface area (TPSA) is 114 Å². The molecule has 0 saturated carbocycles. The van der Waals surface area contributed by atoms with Crippen LogP contribution in [0.25, 0.3) is 0 Å². The molecule has 9 heteroatoms. The molecule has 1 heterocycles. The molecule has 1 saturated heterocycles. The summed E-state index contributed by atoms with van der Waals surface area (Å²) in [7, 11) is -1.50. The Hall–Kier alpha value is -2.29. The average Bonchev–Trinajstić information content (AvgIpc) is 2.85. The van der Waals surface area contributed by atoms with E-state index < -0.39 is 21.9 Å². The summed E-state index contributed by atoms with van der Waals surface area (Å²) in [5, 5.41) is 7.56. The maximum atomic E-state index is 11.7. The van der Waals surface area contributed by atoms with Gasteiger partial charge in [-0.25, -0.2) is 13.2 Å². The van der Waals surface area contributed by atoms with Crippen LogP contribution in [0.1, 0.15) is 6.42 Å². The van der Waals surface area contributed by atoms with Crippen molar-refractivity contribution < 1.29 is 22.7 Å². The van der Waals surface area contributed by atoms with Gasteiger partial charge < -0.3 is 20.7 Å². The van der Waals surface area contributed by atoms with E-state index in [-0.39, 0.29) is 24.0 Å². The highest BCUT2D eigenvalue weighted by molar-refractivity contribution is 7.91. The fourth-order valence-electron chi connectivity index (χ4n) is 2.19. The van der Waals surface area contributed by atoms with Gasteiger partial charge in [-0.1, -0.05) is 0 Å². The van der Waals surface area contributed by atoms with Crippen molar-refractivity contribution in [2.75, 3.05) is 30.5 Å². The number of urea groups is 1. The van der Waals surface area contributed by atoms with Crippen molar-refractivity contribution in [3.8, 4) is 5.75 Å². The van der Waals surface area contributed by atoms with Gasteiger partial charge in [0, 0.05) is 11.7 Å². The Labute approximate surface area is 134 Å². The molecule has 0 aromatic heterocycles. The molecule has 2 rings (SSSR count). The third kappa shape index (κ3) is 5.44. The molecular formula is C14H19N3O5S. The molecule has 0 radical (unpaired) electrons. The van der Waals surface area contributed by atoms with E-state index in [4.69, 9.17) is 4.74 Å². The van der Waals surface area contributed by atoms with Crippen molar-refractivity contribution in [3.63, 3.8) is 0 Å². The van der Waals surface area contributed by atoms with E-state index in [0.29, 0.717) is 17.9 Å². The number of amides is 3. The number of hydrogen-bond acceptors (Lipinski definition) is 5. The second-order valence-corrected chi connectivity index (χ2v) is 7.43. The normalized spacial score (nSPS) is 18.9. The number of benzene rings is 1. The van der Waals surface area contributed by atoms with E-state index in [2.05, 4.69) is 16.0 Å². The maximum Gasteiger partial charge on any atom is 0.315 e. The first-order chi connectivity index (χ1) is 10.9. The number of methoxy groups -OCH3 is 1. The van der Waals surface area contributed by atoms with Crippen molar-refractivity contribution in [2.45, 2.75) is 12.5 Å². The first-order valence-electron chi connectivity index (χ1n) is 7.06. The van der Waals surface area contributed by atoms with Gasteiger partial charge in [0.25, 0.3) is 0 Å². The summed E-state index contributed by atoms with van der Waals surface area (Å²) in [5.74, 6) is 0.311. The number of carbonyl (C=O) groups is 2. The maximum absolute atomic E-state index is 11.7. The highest BCUT2D eigenvalue weighted by Crippen LogP contribution is 2.14. The van der Waals surface area contributed by atoms with Crippen LogP contribution in [0.3, 0.4) is 0 Å². The molecule has 1 aromatic rings. The Morgan fingerprint density at radius 1 is 1.26 bits per heavy atom. The van der Waals surface area contributed by atoms with Crippen LogP contribution in [0.4, 0.5) is 10.5 Å². The van der Waals surface area contributed by atoms with E-state index >= 15 is 0 Å². The van der Waals surface area contributed by atoms with Gasteiger partial charge >= 0.3 is 6.03 Å². The molecule has 0 bridgehead atoms. The fourth-order valence-corrected chi connectivity index (χ4v) is 3.86. The van der Waals surface area contributed by atoms with Crippen LogP contribution in [-0.2, 0) is 14.6 Å². The SMILES string of the molecule is COc1ccc(NC(=O)CNC(=O)NC2CCS(=O)(=O)C2)cc1. The predicted octanol–water partition coefficient (Wildman–Crippen LogP) is 0.120. The third-order valence-corrected chi connectivity index (χ3v) is 5.12. The van der Waals surface area contributed by atoms with Crippen LogP contribution in [0, 0.1) is 0 Å². The van der Waals surface area contributed by atoms with Gasteiger partial charge in [-0.2, -0.15) is 0 Å². The Balaban J connectivity index is 1.72. The van der Waals surface area contributed by atoms with Gasteiger partial charge in [-0.05, 0) is 30.7 Å². The number of carbonyl (C=O) groups excluding carboxylic acids is 2. The molecule has 8 nitrogen and oxygen atoms in total. The number of anilines is 1. The van der Waals surface area contributed by atoms with Crippen molar-refractivity contribution in [1.82, 2.24) is 10.6 Å². The molecule has 1 unspecified atom stereocenters. The van der Waals surface area contributed by atoms with E-state index in [1.807, 2.05) is 0 Å². The summed E-state index contributed by atoms with van der Waals surface area (Å²) in [6, 6.07) is 5.81. The van der Waals surface area contributed by atoms with Crippen LogP contribution in [0.5, 0.6) is 5.75 Å². The molecule has 1 atom stereocenters. The summed E-state index contributed by atoms with van der Waals surface area (Å²) >= 11 is 0. The van der Waals surface area contributed by atoms with Gasteiger partial charge in [-0.3, -0.25) is 4.79 Å². The number of hydrogen-bond donors (Lipinski definition) is 3. The first-order valence-corrected chi connectivity index (χ1v) is 8.89. The average molecular weight is 341 g/mol. The minimum absolute atomic E-state index is 0.0571. The smallest absolute Gasteiger partial charge is 0.315 e. The Kier molecular flexibility index (Phi) is 5.43. The third-order valence-electron chi connectivity index (χ3n) is 3.35. The standard InChI is InChI=1S/C14H19N3O5S/c1-22-12-4-2-10(3-5-12)16-13(18)8-15-14(19)17-11-6-7-23(20,21)9-11/h2-5,11H,6-9H2,1H3,(H,16,18)(H2,15,17,19). The molecular weight excluding hydrogens is 322 g/mol. The zero-order valence-electron chi connectivity index (χ0n) is 12.7. The monoisotopic (exact) mass is 341 g/mol. The molecule has 126 valence electrons. The van der Waals surface area contributed by atoms with Crippen molar-refractivity contribution in [2.24, 2.45) is 0 Å². The molecule has 3 N–H and O–H groups in total. The highest BCUT2D eigenvalue weighted by atomic mass is 32.2. The van der Waals surface area contributed by atoms with Gasteiger partial charge in [0.2, 0.25) is 5.91 Å². The Bertz CT molecular complexity index is 672. The van der Waals surface area contributed by atoms with Gasteiger partial charge in [0.15, 0.2) is 9.84 Å². The molecule has 1 fully saturated rings. The lowest BCUT2D eigenvalue weighted by Gasteiger charge is -2.12. The summed E-state index contributed by atoms with van der Waals surface area (Å²) in [6.07, 6.45) is 0.397. The second-order valence-electron chi connectivity index (χ2n) is 5.20. The van der Waals surface area contributed by atoms with Gasteiger partial charge in [-0.15, -0.1) is 0 Å².